The Morgan fingerprint density at radius 2 is 1.73 bits per heavy atom. The Labute approximate surface area is 159 Å². The van der Waals surface area contributed by atoms with Crippen LogP contribution in [0.25, 0.3) is 0 Å². The molecule has 1 N–H and O–H groups in total. The number of rotatable bonds is 5. The normalized spacial score (nSPS) is 15.1. The molecule has 1 fully saturated rings. The van der Waals surface area contributed by atoms with Gasteiger partial charge in [-0.1, -0.05) is 44.5 Å². The molecule has 0 atom stereocenters. The second-order valence-electron chi connectivity index (χ2n) is 7.82. The smallest absolute Gasteiger partial charge is 0.301 e. The van der Waals surface area contributed by atoms with Gasteiger partial charge < -0.3 is 4.98 Å². The molecule has 0 saturated heterocycles. The van der Waals surface area contributed by atoms with Crippen molar-refractivity contribution in [3.63, 3.8) is 0 Å². The van der Waals surface area contributed by atoms with Crippen LogP contribution in [0, 0.1) is 19.8 Å². The monoisotopic (exact) mass is 372 g/mol. The summed E-state index contributed by atoms with van der Waals surface area (Å²) in [4.78, 5) is 29.8. The van der Waals surface area contributed by atoms with E-state index in [9.17, 15) is 9.59 Å². The Bertz CT molecular complexity index is 885. The van der Waals surface area contributed by atoms with E-state index in [-0.39, 0.29) is 17.2 Å². The van der Waals surface area contributed by atoms with Crippen molar-refractivity contribution in [1.29, 1.82) is 0 Å². The minimum atomic E-state index is -0.279. The third-order valence-corrected chi connectivity index (χ3v) is 6.09. The SMILES string of the molecule is Cc1cc(C)cc(Sc2[nH]c(=O)n(CC3CCCC3)c(=O)c2C(C)C)c1. The van der Waals surface area contributed by atoms with Gasteiger partial charge in [0.05, 0.1) is 10.6 Å². The number of aryl methyl sites for hydroxylation is 2. The predicted molar refractivity (Wildman–Crippen MR) is 107 cm³/mol. The maximum atomic E-state index is 13.1. The molecule has 4 nitrogen and oxygen atoms in total. The zero-order valence-electron chi connectivity index (χ0n) is 16.1. The molecule has 1 aliphatic rings. The zero-order valence-corrected chi connectivity index (χ0v) is 16.9. The van der Waals surface area contributed by atoms with E-state index in [1.165, 1.54) is 40.3 Å². The molecule has 2 aromatic rings. The summed E-state index contributed by atoms with van der Waals surface area (Å²) in [5.41, 5.74) is 2.67. The highest BCUT2D eigenvalue weighted by molar-refractivity contribution is 7.99. The van der Waals surface area contributed by atoms with Crippen LogP contribution in [0.4, 0.5) is 0 Å². The lowest BCUT2D eigenvalue weighted by molar-refractivity contribution is 0.430. The minimum Gasteiger partial charge on any atom is -0.301 e. The molecule has 0 spiro atoms. The Balaban J connectivity index is 2.02. The standard InChI is InChI=1S/C21H28N2O2S/c1-13(2)18-19(26-17-10-14(3)9-15(4)11-17)22-21(25)23(20(18)24)12-16-7-5-6-8-16/h9-11,13,16H,5-8,12H2,1-4H3,(H,22,25). The number of hydrogen-bond acceptors (Lipinski definition) is 3. The molecular weight excluding hydrogens is 344 g/mol. The van der Waals surface area contributed by atoms with Crippen LogP contribution in [0.15, 0.2) is 37.7 Å². The molecule has 0 bridgehead atoms. The number of hydrogen-bond donors (Lipinski definition) is 1. The number of aromatic nitrogens is 2. The van der Waals surface area contributed by atoms with Gasteiger partial charge in [0.25, 0.3) is 5.56 Å². The van der Waals surface area contributed by atoms with Crippen molar-refractivity contribution in [2.45, 2.75) is 75.8 Å². The van der Waals surface area contributed by atoms with Crippen LogP contribution in [-0.2, 0) is 6.54 Å². The average molecular weight is 373 g/mol. The maximum absolute atomic E-state index is 13.1. The Kier molecular flexibility index (Phi) is 5.76. The molecule has 0 amide bonds. The number of H-pyrrole nitrogens is 1. The van der Waals surface area contributed by atoms with Crippen LogP contribution in [-0.4, -0.2) is 9.55 Å². The lowest BCUT2D eigenvalue weighted by Crippen LogP contribution is -2.39. The molecule has 1 aromatic carbocycles. The van der Waals surface area contributed by atoms with Gasteiger partial charge in [0, 0.05) is 11.4 Å². The summed E-state index contributed by atoms with van der Waals surface area (Å²) in [5, 5.41) is 0.683. The Morgan fingerprint density at radius 3 is 2.31 bits per heavy atom. The summed E-state index contributed by atoms with van der Waals surface area (Å²) in [7, 11) is 0. The van der Waals surface area contributed by atoms with Gasteiger partial charge in [-0.05, 0) is 61.8 Å². The first kappa shape index (κ1) is 19.0. The van der Waals surface area contributed by atoms with Crippen molar-refractivity contribution in [3.8, 4) is 0 Å². The summed E-state index contributed by atoms with van der Waals surface area (Å²) in [6.07, 6.45) is 4.63. The number of benzene rings is 1. The molecule has 1 heterocycles. The van der Waals surface area contributed by atoms with E-state index in [1.807, 2.05) is 13.8 Å². The fourth-order valence-electron chi connectivity index (χ4n) is 3.88. The molecule has 26 heavy (non-hydrogen) atoms. The van der Waals surface area contributed by atoms with Crippen LogP contribution in [0.1, 0.15) is 62.1 Å². The van der Waals surface area contributed by atoms with Gasteiger partial charge in [0.1, 0.15) is 0 Å². The van der Waals surface area contributed by atoms with Crippen LogP contribution in [0.5, 0.6) is 0 Å². The fourth-order valence-corrected chi connectivity index (χ4v) is 5.18. The summed E-state index contributed by atoms with van der Waals surface area (Å²) < 4.78 is 1.43. The average Bonchev–Trinajstić information content (AvgIpc) is 3.03. The van der Waals surface area contributed by atoms with Crippen molar-refractivity contribution in [2.75, 3.05) is 0 Å². The van der Waals surface area contributed by atoms with E-state index in [0.29, 0.717) is 23.1 Å². The van der Waals surface area contributed by atoms with Gasteiger partial charge in [-0.2, -0.15) is 0 Å². The predicted octanol–water partition coefficient (Wildman–Crippen LogP) is 4.62. The van der Waals surface area contributed by atoms with Crippen LogP contribution >= 0.6 is 11.8 Å². The molecular formula is C21H28N2O2S. The van der Waals surface area contributed by atoms with Gasteiger partial charge in [-0.25, -0.2) is 4.79 Å². The minimum absolute atomic E-state index is 0.0579. The van der Waals surface area contributed by atoms with E-state index < -0.39 is 0 Å². The highest BCUT2D eigenvalue weighted by Crippen LogP contribution is 2.31. The summed E-state index contributed by atoms with van der Waals surface area (Å²) >= 11 is 1.48. The van der Waals surface area contributed by atoms with Crippen molar-refractivity contribution in [1.82, 2.24) is 9.55 Å². The summed E-state index contributed by atoms with van der Waals surface area (Å²) in [6, 6.07) is 6.30. The van der Waals surface area contributed by atoms with Crippen molar-refractivity contribution < 1.29 is 0 Å². The largest absolute Gasteiger partial charge is 0.329 e. The topological polar surface area (TPSA) is 54.9 Å². The van der Waals surface area contributed by atoms with Gasteiger partial charge in [-0.15, -0.1) is 0 Å². The van der Waals surface area contributed by atoms with E-state index in [2.05, 4.69) is 37.0 Å². The summed E-state index contributed by atoms with van der Waals surface area (Å²) in [6.45, 7) is 8.69. The number of nitrogens with one attached hydrogen (secondary N) is 1. The van der Waals surface area contributed by atoms with Gasteiger partial charge in [0.15, 0.2) is 0 Å². The quantitative estimate of drug-likeness (QED) is 0.779. The molecule has 140 valence electrons. The van der Waals surface area contributed by atoms with E-state index in [4.69, 9.17) is 0 Å². The van der Waals surface area contributed by atoms with Crippen molar-refractivity contribution in [2.24, 2.45) is 5.92 Å². The van der Waals surface area contributed by atoms with Crippen molar-refractivity contribution in [3.05, 3.63) is 55.7 Å². The number of nitrogens with zero attached hydrogens (tertiary/aromatic N) is 1. The van der Waals surface area contributed by atoms with Crippen molar-refractivity contribution >= 4 is 11.8 Å². The van der Waals surface area contributed by atoms with E-state index >= 15 is 0 Å². The highest BCUT2D eigenvalue weighted by atomic mass is 32.2. The number of aromatic amines is 1. The fraction of sp³-hybridized carbons (Fsp3) is 0.524. The van der Waals surface area contributed by atoms with Gasteiger partial charge >= 0.3 is 5.69 Å². The summed E-state index contributed by atoms with van der Waals surface area (Å²) in [5.74, 6) is 0.509. The van der Waals surface area contributed by atoms with Crippen LogP contribution in [0.2, 0.25) is 0 Å². The maximum Gasteiger partial charge on any atom is 0.329 e. The van der Waals surface area contributed by atoms with E-state index in [0.717, 1.165) is 17.7 Å². The zero-order chi connectivity index (χ0) is 18.8. The first-order valence-electron chi connectivity index (χ1n) is 9.48. The Morgan fingerprint density at radius 1 is 1.12 bits per heavy atom. The Hall–Kier alpha value is -1.75. The highest BCUT2D eigenvalue weighted by Gasteiger charge is 2.22. The third kappa shape index (κ3) is 4.14. The molecule has 1 aromatic heterocycles. The second-order valence-corrected chi connectivity index (χ2v) is 8.90. The molecule has 0 unspecified atom stereocenters. The first-order chi connectivity index (χ1) is 12.3. The molecule has 1 aliphatic carbocycles. The molecule has 5 heteroatoms. The second kappa shape index (κ2) is 7.87. The first-order valence-corrected chi connectivity index (χ1v) is 10.3. The third-order valence-electron chi connectivity index (χ3n) is 5.09. The molecule has 3 rings (SSSR count). The van der Waals surface area contributed by atoms with Gasteiger partial charge in [0.2, 0.25) is 0 Å². The molecule has 0 aliphatic heterocycles. The van der Waals surface area contributed by atoms with Crippen LogP contribution in [0.3, 0.4) is 0 Å². The van der Waals surface area contributed by atoms with Gasteiger partial charge in [-0.3, -0.25) is 9.36 Å². The van der Waals surface area contributed by atoms with Crippen LogP contribution < -0.4 is 11.2 Å². The lowest BCUT2D eigenvalue weighted by Gasteiger charge is -2.16. The van der Waals surface area contributed by atoms with E-state index in [1.54, 1.807) is 0 Å². The molecule has 0 radical (unpaired) electrons. The lowest BCUT2D eigenvalue weighted by atomic mass is 10.1. The molecule has 1 saturated carbocycles.